The number of benzene rings is 1. The van der Waals surface area contributed by atoms with Crippen LogP contribution < -0.4 is 0 Å². The van der Waals surface area contributed by atoms with Gasteiger partial charge in [-0.2, -0.15) is 0 Å². The second-order valence-electron chi connectivity index (χ2n) is 3.37. The van der Waals surface area contributed by atoms with E-state index in [1.165, 1.54) is 24.8 Å². The van der Waals surface area contributed by atoms with Crippen molar-refractivity contribution in [1.82, 2.24) is 0 Å². The molecule has 0 atom stereocenters. The molecule has 0 aliphatic carbocycles. The van der Waals surface area contributed by atoms with E-state index in [1.54, 1.807) is 0 Å². The highest BCUT2D eigenvalue weighted by molar-refractivity contribution is 9.11. The molecular weight excluding hydrogens is 308 g/mol. The van der Waals surface area contributed by atoms with Gasteiger partial charge in [0.2, 0.25) is 0 Å². The Morgan fingerprint density at radius 2 is 1.71 bits per heavy atom. The van der Waals surface area contributed by atoms with Crippen LogP contribution in [0.3, 0.4) is 0 Å². The predicted octanol–water partition coefficient (Wildman–Crippen LogP) is 4.65. The first-order valence-electron chi connectivity index (χ1n) is 4.82. The van der Waals surface area contributed by atoms with E-state index in [4.69, 9.17) is 0 Å². The summed E-state index contributed by atoms with van der Waals surface area (Å²) in [6.45, 7) is 2.20. The standard InChI is InChI=1S/C11H14Br2O/c1-2-3-4-5-8-6-9(12)11(14)10(13)7-8/h6-7,14H,2-5H2,1H3. The van der Waals surface area contributed by atoms with E-state index in [0.29, 0.717) is 0 Å². The number of aromatic hydroxyl groups is 1. The third kappa shape index (κ3) is 3.28. The molecule has 0 radical (unpaired) electrons. The lowest BCUT2D eigenvalue weighted by molar-refractivity contribution is 0.468. The molecule has 14 heavy (non-hydrogen) atoms. The first-order chi connectivity index (χ1) is 6.65. The van der Waals surface area contributed by atoms with Gasteiger partial charge in [-0.15, -0.1) is 0 Å². The molecule has 3 heteroatoms. The lowest BCUT2D eigenvalue weighted by Crippen LogP contribution is -1.86. The molecule has 1 N–H and O–H groups in total. The Labute approximate surface area is 102 Å². The van der Waals surface area contributed by atoms with Crippen LogP contribution in [0.4, 0.5) is 0 Å². The summed E-state index contributed by atoms with van der Waals surface area (Å²) in [6, 6.07) is 3.96. The van der Waals surface area contributed by atoms with Crippen LogP contribution in [0, 0.1) is 0 Å². The van der Waals surface area contributed by atoms with Crippen molar-refractivity contribution in [2.75, 3.05) is 0 Å². The monoisotopic (exact) mass is 320 g/mol. The summed E-state index contributed by atoms with van der Waals surface area (Å²) in [5.41, 5.74) is 1.26. The van der Waals surface area contributed by atoms with Crippen molar-refractivity contribution < 1.29 is 5.11 Å². The quantitative estimate of drug-likeness (QED) is 0.800. The van der Waals surface area contributed by atoms with Crippen molar-refractivity contribution in [2.24, 2.45) is 0 Å². The Morgan fingerprint density at radius 3 is 2.21 bits per heavy atom. The molecule has 0 unspecified atom stereocenters. The highest BCUT2D eigenvalue weighted by atomic mass is 79.9. The molecular formula is C11H14Br2O. The van der Waals surface area contributed by atoms with Crippen LogP contribution in [-0.4, -0.2) is 5.11 Å². The number of hydrogen-bond donors (Lipinski definition) is 1. The molecule has 0 bridgehead atoms. The van der Waals surface area contributed by atoms with Crippen molar-refractivity contribution in [3.05, 3.63) is 26.6 Å². The second-order valence-corrected chi connectivity index (χ2v) is 5.07. The molecule has 0 aliphatic rings. The Balaban J connectivity index is 2.69. The Bertz CT molecular complexity index is 287. The Kier molecular flexibility index (Phi) is 4.96. The SMILES string of the molecule is CCCCCc1cc(Br)c(O)c(Br)c1. The average molecular weight is 322 g/mol. The molecule has 0 saturated heterocycles. The van der Waals surface area contributed by atoms with Gasteiger partial charge in [-0.1, -0.05) is 19.8 Å². The van der Waals surface area contributed by atoms with E-state index >= 15 is 0 Å². The van der Waals surface area contributed by atoms with Crippen LogP contribution in [0.25, 0.3) is 0 Å². The van der Waals surface area contributed by atoms with Crippen LogP contribution in [0.15, 0.2) is 21.1 Å². The summed E-state index contributed by atoms with van der Waals surface area (Å²) in [6.07, 6.45) is 4.78. The van der Waals surface area contributed by atoms with Crippen molar-refractivity contribution in [1.29, 1.82) is 0 Å². The van der Waals surface area contributed by atoms with Gasteiger partial charge < -0.3 is 5.11 Å². The zero-order valence-corrected chi connectivity index (χ0v) is 11.4. The third-order valence-corrected chi connectivity index (χ3v) is 3.35. The van der Waals surface area contributed by atoms with Crippen LogP contribution in [0.1, 0.15) is 31.7 Å². The normalized spacial score (nSPS) is 10.5. The first-order valence-corrected chi connectivity index (χ1v) is 6.40. The average Bonchev–Trinajstić information content (AvgIpc) is 2.14. The van der Waals surface area contributed by atoms with E-state index in [1.807, 2.05) is 12.1 Å². The number of halogens is 2. The molecule has 0 fully saturated rings. The van der Waals surface area contributed by atoms with Gasteiger partial charge in [-0.25, -0.2) is 0 Å². The Hall–Kier alpha value is -0.0200. The second kappa shape index (κ2) is 5.76. The molecule has 0 spiro atoms. The number of phenolic OH excluding ortho intramolecular Hbond substituents is 1. The molecule has 1 nitrogen and oxygen atoms in total. The zero-order valence-electron chi connectivity index (χ0n) is 8.19. The maximum Gasteiger partial charge on any atom is 0.143 e. The first kappa shape index (κ1) is 12.1. The predicted molar refractivity (Wildman–Crippen MR) is 66.7 cm³/mol. The number of phenols is 1. The van der Waals surface area contributed by atoms with Gasteiger partial charge in [-0.3, -0.25) is 0 Å². The topological polar surface area (TPSA) is 20.2 Å². The van der Waals surface area contributed by atoms with Crippen LogP contribution in [-0.2, 0) is 6.42 Å². The van der Waals surface area contributed by atoms with Gasteiger partial charge in [0.05, 0.1) is 8.95 Å². The number of unbranched alkanes of at least 4 members (excludes halogenated alkanes) is 2. The fourth-order valence-corrected chi connectivity index (χ4v) is 2.62. The minimum Gasteiger partial charge on any atom is -0.506 e. The summed E-state index contributed by atoms with van der Waals surface area (Å²) in [4.78, 5) is 0. The number of aryl methyl sites for hydroxylation is 1. The summed E-state index contributed by atoms with van der Waals surface area (Å²) >= 11 is 6.65. The number of hydrogen-bond acceptors (Lipinski definition) is 1. The molecule has 0 saturated carbocycles. The highest BCUT2D eigenvalue weighted by Gasteiger charge is 2.05. The lowest BCUT2D eigenvalue weighted by atomic mass is 10.1. The number of rotatable bonds is 4. The van der Waals surface area contributed by atoms with Gasteiger partial charge in [0, 0.05) is 0 Å². The maximum absolute atomic E-state index is 9.51. The third-order valence-electron chi connectivity index (χ3n) is 2.15. The van der Waals surface area contributed by atoms with Gasteiger partial charge in [0.1, 0.15) is 5.75 Å². The summed E-state index contributed by atoms with van der Waals surface area (Å²) in [7, 11) is 0. The molecule has 1 aromatic carbocycles. The van der Waals surface area contributed by atoms with Crippen LogP contribution in [0.5, 0.6) is 5.75 Å². The van der Waals surface area contributed by atoms with Gasteiger partial charge >= 0.3 is 0 Å². The minimum absolute atomic E-state index is 0.282. The lowest BCUT2D eigenvalue weighted by Gasteiger charge is -2.05. The molecule has 1 aromatic rings. The summed E-state index contributed by atoms with van der Waals surface area (Å²) < 4.78 is 1.52. The fourth-order valence-electron chi connectivity index (χ4n) is 1.34. The smallest absolute Gasteiger partial charge is 0.143 e. The van der Waals surface area contributed by atoms with Gasteiger partial charge in [-0.05, 0) is 62.4 Å². The largest absolute Gasteiger partial charge is 0.506 e. The van der Waals surface area contributed by atoms with Crippen LogP contribution >= 0.6 is 31.9 Å². The van der Waals surface area contributed by atoms with E-state index in [0.717, 1.165) is 15.4 Å². The summed E-state index contributed by atoms with van der Waals surface area (Å²) in [5.74, 6) is 0.282. The molecule has 0 heterocycles. The van der Waals surface area contributed by atoms with Crippen molar-refractivity contribution >= 4 is 31.9 Å². The highest BCUT2D eigenvalue weighted by Crippen LogP contribution is 2.33. The zero-order chi connectivity index (χ0) is 10.6. The van der Waals surface area contributed by atoms with E-state index < -0.39 is 0 Å². The van der Waals surface area contributed by atoms with Crippen molar-refractivity contribution in [3.63, 3.8) is 0 Å². The minimum atomic E-state index is 0.282. The van der Waals surface area contributed by atoms with Gasteiger partial charge in [0.15, 0.2) is 0 Å². The van der Waals surface area contributed by atoms with E-state index in [-0.39, 0.29) is 5.75 Å². The molecule has 0 aromatic heterocycles. The van der Waals surface area contributed by atoms with Crippen molar-refractivity contribution in [3.8, 4) is 5.75 Å². The molecule has 78 valence electrons. The molecule has 0 aliphatic heterocycles. The summed E-state index contributed by atoms with van der Waals surface area (Å²) in [5, 5.41) is 9.51. The fraction of sp³-hybridized carbons (Fsp3) is 0.455. The van der Waals surface area contributed by atoms with Crippen LogP contribution in [0.2, 0.25) is 0 Å². The van der Waals surface area contributed by atoms with E-state index in [9.17, 15) is 5.11 Å². The van der Waals surface area contributed by atoms with Gasteiger partial charge in [0.25, 0.3) is 0 Å². The Morgan fingerprint density at radius 1 is 1.14 bits per heavy atom. The van der Waals surface area contributed by atoms with Crippen molar-refractivity contribution in [2.45, 2.75) is 32.6 Å². The van der Waals surface area contributed by atoms with E-state index in [2.05, 4.69) is 38.8 Å². The molecule has 0 amide bonds. The maximum atomic E-state index is 9.51. The molecule has 1 rings (SSSR count).